The summed E-state index contributed by atoms with van der Waals surface area (Å²) in [6, 6.07) is 94.1. The molecule has 2 nitrogen and oxygen atoms in total. The number of anilines is 6. The van der Waals surface area contributed by atoms with E-state index in [1.807, 2.05) is 0 Å². The topological polar surface area (TPSA) is 6.48 Å². The Hall–Kier alpha value is -8.46. The van der Waals surface area contributed by atoms with Crippen molar-refractivity contribution in [2.45, 2.75) is 148 Å². The Bertz CT molecular complexity index is 4490. The molecule has 11 aromatic rings. The van der Waals surface area contributed by atoms with E-state index in [1.54, 1.807) is 5.56 Å². The third-order valence-electron chi connectivity index (χ3n) is 23.3. The lowest BCUT2D eigenvalue weighted by molar-refractivity contribution is -0.00512. The maximum absolute atomic E-state index is 2.75. The van der Waals surface area contributed by atoms with Crippen LogP contribution in [-0.2, 0) is 21.7 Å². The third kappa shape index (κ3) is 11.2. The number of hydrogen-bond acceptors (Lipinski definition) is 2. The van der Waals surface area contributed by atoms with E-state index < -0.39 is 0 Å². The monoisotopic (exact) mass is 1210 g/mol. The molecule has 2 unspecified atom stereocenters. The molecule has 6 bridgehead atoms. The van der Waals surface area contributed by atoms with Gasteiger partial charge in [0.25, 0.3) is 0 Å². The average Bonchev–Trinajstić information content (AvgIpc) is 0.753. The van der Waals surface area contributed by atoms with Crippen LogP contribution in [0.1, 0.15) is 148 Å². The van der Waals surface area contributed by atoms with Crippen LogP contribution in [0.25, 0.3) is 66.1 Å². The maximum atomic E-state index is 2.75. The van der Waals surface area contributed by atoms with Crippen molar-refractivity contribution >= 4 is 55.7 Å². The molecular formula is C91H92N2. The molecule has 93 heavy (non-hydrogen) atoms. The molecule has 0 N–H and O–H groups in total. The predicted molar refractivity (Wildman–Crippen MR) is 396 cm³/mol. The molecule has 6 saturated carbocycles. The molecule has 0 aromatic heterocycles. The van der Waals surface area contributed by atoms with Gasteiger partial charge in [0, 0.05) is 44.3 Å². The minimum atomic E-state index is -0.00658. The summed E-state index contributed by atoms with van der Waals surface area (Å²) in [7, 11) is 0. The van der Waals surface area contributed by atoms with E-state index in [-0.39, 0.29) is 21.7 Å². The van der Waals surface area contributed by atoms with E-state index in [1.165, 1.54) is 176 Å². The van der Waals surface area contributed by atoms with Crippen LogP contribution in [0.15, 0.2) is 243 Å². The van der Waals surface area contributed by atoms with Crippen molar-refractivity contribution < 1.29 is 0 Å². The van der Waals surface area contributed by atoms with Crippen LogP contribution in [0, 0.1) is 35.5 Å². The molecule has 466 valence electrons. The van der Waals surface area contributed by atoms with Gasteiger partial charge >= 0.3 is 0 Å². The van der Waals surface area contributed by atoms with Gasteiger partial charge in [0.2, 0.25) is 0 Å². The van der Waals surface area contributed by atoms with Gasteiger partial charge < -0.3 is 9.80 Å². The fourth-order valence-electron chi connectivity index (χ4n) is 19.3. The lowest BCUT2D eigenvalue weighted by Crippen LogP contribution is -2.48. The van der Waals surface area contributed by atoms with Crippen molar-refractivity contribution in [1.29, 1.82) is 0 Å². The van der Waals surface area contributed by atoms with Crippen molar-refractivity contribution in [2.75, 3.05) is 9.80 Å². The van der Waals surface area contributed by atoms with Gasteiger partial charge in [-0.3, -0.25) is 0 Å². The molecule has 11 aromatic carbocycles. The maximum Gasteiger partial charge on any atom is 0.0620 e. The van der Waals surface area contributed by atoms with Gasteiger partial charge in [-0.15, -0.1) is 0 Å². The Morgan fingerprint density at radius 3 is 1.00 bits per heavy atom. The zero-order chi connectivity index (χ0) is 63.4. The summed E-state index contributed by atoms with van der Waals surface area (Å²) in [6.45, 7) is 19.2. The van der Waals surface area contributed by atoms with E-state index in [0.29, 0.717) is 0 Å². The number of hydrogen-bond donors (Lipinski definition) is 0. The standard InChI is InChI=1S/C91H92N2/c1-60-45-61-47-62(46-60)56-90(8,55-61)76-33-43-82-84(53-76)86(92(80-39-29-74(30-40-80)88(2,3)4)78-35-25-68(26-36-78)72-23-15-21-70(51-72)66-17-11-9-12-18-66)83-44-34-77(91-57-63-48-64(58-91)50-65(49-63)59-91)54-85(83)87(82)93(81-41-31-75(32-42-81)89(5,6)7)79-37-27-69(28-38-79)73-24-16-22-71(52-73)67-19-13-10-14-20-67/h9-44,51-54,60-65H,45-50,55-59H2,1-8H3. The lowest BCUT2D eigenvalue weighted by atomic mass is 9.48. The van der Waals surface area contributed by atoms with Crippen molar-refractivity contribution in [3.63, 3.8) is 0 Å². The van der Waals surface area contributed by atoms with Crippen LogP contribution in [-0.4, -0.2) is 0 Å². The van der Waals surface area contributed by atoms with Crippen LogP contribution < -0.4 is 9.80 Å². The molecule has 0 heterocycles. The summed E-state index contributed by atoms with van der Waals surface area (Å²) in [5, 5.41) is 5.18. The van der Waals surface area contributed by atoms with Crippen molar-refractivity contribution in [2.24, 2.45) is 35.5 Å². The average molecular weight is 1210 g/mol. The van der Waals surface area contributed by atoms with Crippen LogP contribution in [0.5, 0.6) is 0 Å². The van der Waals surface area contributed by atoms with Gasteiger partial charge in [0.1, 0.15) is 0 Å². The summed E-state index contributed by atoms with van der Waals surface area (Å²) in [5.41, 5.74) is 22.9. The second-order valence-corrected chi connectivity index (χ2v) is 32.2. The first-order valence-electron chi connectivity index (χ1n) is 35.4. The van der Waals surface area contributed by atoms with Gasteiger partial charge in [-0.25, -0.2) is 0 Å². The second-order valence-electron chi connectivity index (χ2n) is 32.2. The van der Waals surface area contributed by atoms with Crippen molar-refractivity contribution in [1.82, 2.24) is 0 Å². The number of rotatable bonds is 12. The molecule has 17 rings (SSSR count). The van der Waals surface area contributed by atoms with E-state index in [0.717, 1.165) is 46.9 Å². The zero-order valence-electron chi connectivity index (χ0n) is 56.2. The summed E-state index contributed by atoms with van der Waals surface area (Å²) >= 11 is 0. The van der Waals surface area contributed by atoms with E-state index in [2.05, 4.69) is 308 Å². The summed E-state index contributed by atoms with van der Waals surface area (Å²) in [6.07, 6.45) is 14.7. The molecule has 2 heteroatoms. The third-order valence-corrected chi connectivity index (χ3v) is 23.3. The number of fused-ring (bicyclic) bond motifs is 4. The number of benzene rings is 11. The molecule has 0 aliphatic heterocycles. The largest absolute Gasteiger partial charge is 0.309 e. The highest BCUT2D eigenvalue weighted by Gasteiger charge is 2.52. The van der Waals surface area contributed by atoms with Crippen LogP contribution in [0.2, 0.25) is 0 Å². The van der Waals surface area contributed by atoms with Gasteiger partial charge in [-0.2, -0.15) is 0 Å². The Labute approximate surface area is 554 Å². The minimum absolute atomic E-state index is 0.00575. The summed E-state index contributed by atoms with van der Waals surface area (Å²) in [5.74, 6) is 4.77. The minimum Gasteiger partial charge on any atom is -0.309 e. The smallest absolute Gasteiger partial charge is 0.0620 e. The van der Waals surface area contributed by atoms with Gasteiger partial charge in [-0.1, -0.05) is 225 Å². The first-order valence-corrected chi connectivity index (χ1v) is 35.4. The van der Waals surface area contributed by atoms with Gasteiger partial charge in [-0.05, 0) is 267 Å². The first kappa shape index (κ1) is 59.5. The van der Waals surface area contributed by atoms with Crippen LogP contribution in [0.4, 0.5) is 34.1 Å². The zero-order valence-corrected chi connectivity index (χ0v) is 56.2. The van der Waals surface area contributed by atoms with Crippen LogP contribution >= 0.6 is 0 Å². The highest BCUT2D eigenvalue weighted by molar-refractivity contribution is 6.23. The Morgan fingerprint density at radius 2 is 0.624 bits per heavy atom. The molecule has 0 saturated heterocycles. The predicted octanol–water partition coefficient (Wildman–Crippen LogP) is 25.8. The van der Waals surface area contributed by atoms with Crippen LogP contribution in [0.3, 0.4) is 0 Å². The highest BCUT2D eigenvalue weighted by atomic mass is 15.2. The molecule has 0 spiro atoms. The van der Waals surface area contributed by atoms with Crippen molar-refractivity contribution in [3.8, 4) is 44.5 Å². The lowest BCUT2D eigenvalue weighted by Gasteiger charge is -2.57. The molecule has 6 aliphatic rings. The molecule has 6 aliphatic carbocycles. The van der Waals surface area contributed by atoms with E-state index in [4.69, 9.17) is 0 Å². The number of nitrogens with zero attached hydrogens (tertiary/aromatic N) is 2. The van der Waals surface area contributed by atoms with E-state index in [9.17, 15) is 0 Å². The molecule has 0 amide bonds. The highest BCUT2D eigenvalue weighted by Crippen LogP contribution is 2.62. The fraction of sp³-hybridized carbons (Fsp3) is 0.319. The second kappa shape index (κ2) is 23.2. The van der Waals surface area contributed by atoms with E-state index >= 15 is 0 Å². The summed E-state index contributed by atoms with van der Waals surface area (Å²) < 4.78 is 0. The Morgan fingerprint density at radius 1 is 0.301 bits per heavy atom. The summed E-state index contributed by atoms with van der Waals surface area (Å²) in [4.78, 5) is 5.34. The SMILES string of the molecule is CC1CC2CC(C1)CC(C)(c1ccc3c(N(c4ccc(-c5cccc(-c6ccccc6)c5)cc4)c4ccc(C(C)(C)C)cc4)c4cc(C56CC7CC(CC(C7)C5)C6)ccc4c(N(c4ccc(-c5cccc(-c6ccccc6)c5)cc4)c4ccc(C(C)(C)C)cc4)c3c1)C2. The normalized spacial score (nSPS) is 23.3. The van der Waals surface area contributed by atoms with Gasteiger partial charge in [0.05, 0.1) is 11.4 Å². The quantitative estimate of drug-likeness (QED) is 0.0889. The fourth-order valence-corrected chi connectivity index (χ4v) is 19.3. The molecule has 2 atom stereocenters. The Balaban J connectivity index is 0.968. The first-order chi connectivity index (χ1) is 45.0. The molecule has 6 fully saturated rings. The Kier molecular flexibility index (Phi) is 14.9. The van der Waals surface area contributed by atoms with Crippen molar-refractivity contribution in [3.05, 3.63) is 265 Å². The molecule has 0 radical (unpaired) electrons. The van der Waals surface area contributed by atoms with Gasteiger partial charge in [0.15, 0.2) is 0 Å². The molecular weight excluding hydrogens is 1120 g/mol.